The Kier molecular flexibility index (Phi) is 7.59. The van der Waals surface area contributed by atoms with Crippen LogP contribution in [0.5, 0.6) is 5.75 Å². The highest BCUT2D eigenvalue weighted by molar-refractivity contribution is 7.89. The molecule has 1 fully saturated rings. The first-order valence-corrected chi connectivity index (χ1v) is 12.8. The van der Waals surface area contributed by atoms with Crippen LogP contribution in [0.2, 0.25) is 0 Å². The summed E-state index contributed by atoms with van der Waals surface area (Å²) in [4.78, 5) is 17.0. The highest BCUT2D eigenvalue weighted by atomic mass is 32.2. The van der Waals surface area contributed by atoms with Gasteiger partial charge in [0.25, 0.3) is 0 Å². The van der Waals surface area contributed by atoms with Gasteiger partial charge in [0.1, 0.15) is 5.75 Å². The van der Waals surface area contributed by atoms with Crippen LogP contribution in [0.1, 0.15) is 38.0 Å². The highest BCUT2D eigenvalue weighted by Gasteiger charge is 2.25. The number of para-hydroxylation sites is 1. The summed E-state index contributed by atoms with van der Waals surface area (Å²) < 4.78 is 37.6. The van der Waals surface area contributed by atoms with Crippen molar-refractivity contribution in [2.45, 2.75) is 43.4 Å². The predicted octanol–water partition coefficient (Wildman–Crippen LogP) is 3.88. The standard InChI is InChI=1S/C24H28N4O5S/c1-32-21-9-4-3-8-20(21)24-26-23(33-27-24)11-7-10-22(29)25-18-12-14-19(15-13-18)34(30,31)28-16-5-2-6-17-28/h3-4,8-9,12-15H,2,5-7,10-11,16-17H2,1H3,(H,25,29). The van der Waals surface area contributed by atoms with Crippen LogP contribution < -0.4 is 10.1 Å². The third-order valence-electron chi connectivity index (χ3n) is 5.70. The van der Waals surface area contributed by atoms with Crippen molar-refractivity contribution in [3.8, 4) is 17.1 Å². The lowest BCUT2D eigenvalue weighted by atomic mass is 10.2. The largest absolute Gasteiger partial charge is 0.496 e. The summed E-state index contributed by atoms with van der Waals surface area (Å²) in [5.74, 6) is 1.37. The minimum Gasteiger partial charge on any atom is -0.496 e. The van der Waals surface area contributed by atoms with Crippen LogP contribution in [0.25, 0.3) is 11.4 Å². The first-order valence-electron chi connectivity index (χ1n) is 11.3. The molecule has 10 heteroatoms. The number of sulfonamides is 1. The molecule has 2 aromatic carbocycles. The van der Waals surface area contributed by atoms with Crippen molar-refractivity contribution in [3.63, 3.8) is 0 Å². The second-order valence-electron chi connectivity index (χ2n) is 8.10. The van der Waals surface area contributed by atoms with Crippen LogP contribution in [0.15, 0.2) is 57.9 Å². The summed E-state index contributed by atoms with van der Waals surface area (Å²) in [6, 6.07) is 13.7. The molecule has 1 aliphatic rings. The van der Waals surface area contributed by atoms with Crippen molar-refractivity contribution < 1.29 is 22.5 Å². The number of aromatic nitrogens is 2. The second kappa shape index (κ2) is 10.8. The molecule has 1 aromatic heterocycles. The SMILES string of the molecule is COc1ccccc1-c1noc(CCCC(=O)Nc2ccc(S(=O)(=O)N3CCCCC3)cc2)n1. The van der Waals surface area contributed by atoms with Gasteiger partial charge < -0.3 is 14.6 Å². The van der Waals surface area contributed by atoms with E-state index in [9.17, 15) is 13.2 Å². The summed E-state index contributed by atoms with van der Waals surface area (Å²) >= 11 is 0. The Morgan fingerprint density at radius 2 is 1.82 bits per heavy atom. The number of carbonyl (C=O) groups is 1. The molecule has 0 bridgehead atoms. The number of rotatable bonds is 9. The quantitative estimate of drug-likeness (QED) is 0.490. The fourth-order valence-corrected chi connectivity index (χ4v) is 5.40. The lowest BCUT2D eigenvalue weighted by molar-refractivity contribution is -0.116. The monoisotopic (exact) mass is 484 g/mol. The second-order valence-corrected chi connectivity index (χ2v) is 10.0. The van der Waals surface area contributed by atoms with E-state index in [2.05, 4.69) is 15.5 Å². The Labute approximate surface area is 199 Å². The van der Waals surface area contributed by atoms with Crippen molar-refractivity contribution in [1.29, 1.82) is 0 Å². The number of methoxy groups -OCH3 is 1. The van der Waals surface area contributed by atoms with Crippen LogP contribution in [0.3, 0.4) is 0 Å². The Balaban J connectivity index is 1.27. The van der Waals surface area contributed by atoms with Crippen molar-refractivity contribution >= 4 is 21.6 Å². The molecule has 1 amide bonds. The van der Waals surface area contributed by atoms with E-state index in [1.165, 1.54) is 16.4 Å². The molecule has 9 nitrogen and oxygen atoms in total. The molecule has 1 aliphatic heterocycles. The van der Waals surface area contributed by atoms with Gasteiger partial charge in [-0.05, 0) is 55.7 Å². The highest BCUT2D eigenvalue weighted by Crippen LogP contribution is 2.27. The molecule has 1 N–H and O–H groups in total. The van der Waals surface area contributed by atoms with E-state index in [-0.39, 0.29) is 17.2 Å². The zero-order valence-corrected chi connectivity index (χ0v) is 19.9. The fraction of sp³-hybridized carbons (Fsp3) is 0.375. The number of nitrogens with one attached hydrogen (secondary N) is 1. The van der Waals surface area contributed by atoms with Gasteiger partial charge in [0, 0.05) is 31.6 Å². The summed E-state index contributed by atoms with van der Waals surface area (Å²) in [5.41, 5.74) is 1.29. The van der Waals surface area contributed by atoms with Gasteiger partial charge >= 0.3 is 0 Å². The van der Waals surface area contributed by atoms with Crippen molar-refractivity contribution in [3.05, 3.63) is 54.4 Å². The van der Waals surface area contributed by atoms with Crippen molar-refractivity contribution in [1.82, 2.24) is 14.4 Å². The van der Waals surface area contributed by atoms with Gasteiger partial charge in [-0.15, -0.1) is 0 Å². The lowest BCUT2D eigenvalue weighted by Gasteiger charge is -2.25. The summed E-state index contributed by atoms with van der Waals surface area (Å²) in [6.07, 6.45) is 4.09. The smallest absolute Gasteiger partial charge is 0.243 e. The Morgan fingerprint density at radius 1 is 1.09 bits per heavy atom. The molecule has 34 heavy (non-hydrogen) atoms. The number of carbonyl (C=O) groups excluding carboxylic acids is 1. The number of anilines is 1. The summed E-state index contributed by atoms with van der Waals surface area (Å²) in [6.45, 7) is 1.11. The maximum atomic E-state index is 12.7. The maximum Gasteiger partial charge on any atom is 0.243 e. The molecule has 3 aromatic rings. The molecule has 0 unspecified atom stereocenters. The molecular weight excluding hydrogens is 456 g/mol. The lowest BCUT2D eigenvalue weighted by Crippen LogP contribution is -2.35. The molecule has 0 radical (unpaired) electrons. The number of hydrogen-bond acceptors (Lipinski definition) is 7. The van der Waals surface area contributed by atoms with Crippen LogP contribution >= 0.6 is 0 Å². The molecule has 0 spiro atoms. The minimum atomic E-state index is -3.49. The molecular formula is C24H28N4O5S. The number of ether oxygens (including phenoxy) is 1. The predicted molar refractivity (Wildman–Crippen MR) is 127 cm³/mol. The maximum absolute atomic E-state index is 12.7. The molecule has 0 aliphatic carbocycles. The zero-order valence-electron chi connectivity index (χ0n) is 19.1. The Hall–Kier alpha value is -3.24. The molecule has 1 saturated heterocycles. The van der Waals surface area contributed by atoms with Gasteiger partial charge in [-0.2, -0.15) is 9.29 Å². The summed E-state index contributed by atoms with van der Waals surface area (Å²) in [5, 5.41) is 6.81. The van der Waals surface area contributed by atoms with Gasteiger partial charge in [0.15, 0.2) is 0 Å². The number of aryl methyl sites for hydroxylation is 1. The Bertz CT molecular complexity index is 1220. The van der Waals surface area contributed by atoms with Gasteiger partial charge in [-0.1, -0.05) is 23.7 Å². The molecule has 0 saturated carbocycles. The third-order valence-corrected chi connectivity index (χ3v) is 7.61. The van der Waals surface area contributed by atoms with E-state index in [0.717, 1.165) is 24.8 Å². The van der Waals surface area contributed by atoms with E-state index in [4.69, 9.17) is 9.26 Å². The molecule has 0 atom stereocenters. The van der Waals surface area contributed by atoms with Crippen LogP contribution in [0.4, 0.5) is 5.69 Å². The van der Waals surface area contributed by atoms with E-state index in [1.807, 2.05) is 24.3 Å². The van der Waals surface area contributed by atoms with E-state index in [1.54, 1.807) is 19.2 Å². The van der Waals surface area contributed by atoms with Crippen LogP contribution in [0, 0.1) is 0 Å². The van der Waals surface area contributed by atoms with E-state index < -0.39 is 10.0 Å². The number of benzene rings is 2. The number of nitrogens with zero attached hydrogens (tertiary/aromatic N) is 3. The van der Waals surface area contributed by atoms with Gasteiger partial charge in [0.05, 0.1) is 17.6 Å². The van der Waals surface area contributed by atoms with E-state index >= 15 is 0 Å². The first-order chi connectivity index (χ1) is 16.5. The minimum absolute atomic E-state index is 0.170. The zero-order chi connectivity index (χ0) is 24.0. The van der Waals surface area contributed by atoms with Crippen LogP contribution in [-0.4, -0.2) is 49.0 Å². The van der Waals surface area contributed by atoms with Gasteiger partial charge in [-0.3, -0.25) is 4.79 Å². The van der Waals surface area contributed by atoms with Crippen molar-refractivity contribution in [2.24, 2.45) is 0 Å². The van der Waals surface area contributed by atoms with Gasteiger partial charge in [-0.25, -0.2) is 8.42 Å². The number of piperidine rings is 1. The van der Waals surface area contributed by atoms with Gasteiger partial charge in [0.2, 0.25) is 27.6 Å². The number of amides is 1. The van der Waals surface area contributed by atoms with Crippen molar-refractivity contribution in [2.75, 3.05) is 25.5 Å². The van der Waals surface area contributed by atoms with E-state index in [0.29, 0.717) is 49.1 Å². The Morgan fingerprint density at radius 3 is 2.56 bits per heavy atom. The first kappa shape index (κ1) is 23.9. The normalized spacial score (nSPS) is 14.6. The molecule has 2 heterocycles. The topological polar surface area (TPSA) is 115 Å². The average Bonchev–Trinajstić information content (AvgIpc) is 3.33. The number of hydrogen-bond donors (Lipinski definition) is 1. The third kappa shape index (κ3) is 5.63. The molecule has 4 rings (SSSR count). The average molecular weight is 485 g/mol. The molecule has 180 valence electrons. The fourth-order valence-electron chi connectivity index (χ4n) is 3.88. The van der Waals surface area contributed by atoms with Crippen LogP contribution in [-0.2, 0) is 21.2 Å². The summed E-state index contributed by atoms with van der Waals surface area (Å²) in [7, 11) is -1.90.